The molecule has 0 bridgehead atoms. The molecular formula is C14H18Cl2N2O. The molecule has 1 amide bonds. The van der Waals surface area contributed by atoms with E-state index < -0.39 is 0 Å². The molecule has 1 atom stereocenters. The summed E-state index contributed by atoms with van der Waals surface area (Å²) in [6.07, 6.45) is 4.01. The maximum absolute atomic E-state index is 12.0. The molecule has 1 aliphatic rings. The molecule has 1 aromatic rings. The molecule has 1 N–H and O–H groups in total. The lowest BCUT2D eigenvalue weighted by atomic mass is 10.00. The van der Waals surface area contributed by atoms with Gasteiger partial charge in [-0.05, 0) is 44.6 Å². The number of nitrogens with one attached hydrogen (secondary N) is 1. The molecule has 1 unspecified atom stereocenters. The number of anilines is 1. The van der Waals surface area contributed by atoms with E-state index in [4.69, 9.17) is 23.2 Å². The first-order chi connectivity index (χ1) is 9.06. The summed E-state index contributed by atoms with van der Waals surface area (Å²) >= 11 is 11.9. The van der Waals surface area contributed by atoms with Crippen LogP contribution in [0.1, 0.15) is 25.7 Å². The van der Waals surface area contributed by atoms with Crippen LogP contribution in [0.2, 0.25) is 10.0 Å². The van der Waals surface area contributed by atoms with Crippen molar-refractivity contribution in [2.75, 3.05) is 18.9 Å². The van der Waals surface area contributed by atoms with Crippen LogP contribution in [0.15, 0.2) is 18.2 Å². The number of carbonyl (C=O) groups excluding carboxylic acids is 1. The van der Waals surface area contributed by atoms with E-state index >= 15 is 0 Å². The van der Waals surface area contributed by atoms with Crippen LogP contribution < -0.4 is 5.32 Å². The number of halogens is 2. The highest BCUT2D eigenvalue weighted by molar-refractivity contribution is 6.36. The second kappa shape index (κ2) is 6.60. The van der Waals surface area contributed by atoms with Gasteiger partial charge in [0.15, 0.2) is 0 Å². The van der Waals surface area contributed by atoms with Crippen LogP contribution in [-0.2, 0) is 4.79 Å². The predicted octanol–water partition coefficient (Wildman–Crippen LogP) is 3.81. The maximum Gasteiger partial charge on any atom is 0.225 e. The van der Waals surface area contributed by atoms with Gasteiger partial charge in [0.05, 0.1) is 10.7 Å². The highest BCUT2D eigenvalue weighted by Gasteiger charge is 2.21. The summed E-state index contributed by atoms with van der Waals surface area (Å²) in [5.41, 5.74) is 0.620. The largest absolute Gasteiger partial charge is 0.325 e. The lowest BCUT2D eigenvalue weighted by Crippen LogP contribution is -2.38. The summed E-state index contributed by atoms with van der Waals surface area (Å²) in [5.74, 6) is 0.00275. The van der Waals surface area contributed by atoms with Crippen molar-refractivity contribution in [1.29, 1.82) is 0 Å². The molecule has 1 aliphatic heterocycles. The molecule has 1 saturated heterocycles. The van der Waals surface area contributed by atoms with Crippen molar-refractivity contribution >= 4 is 34.8 Å². The molecule has 0 spiro atoms. The second-order valence-electron chi connectivity index (χ2n) is 5.01. The zero-order chi connectivity index (χ0) is 13.8. The number of hydrogen-bond acceptors (Lipinski definition) is 2. The van der Waals surface area contributed by atoms with Gasteiger partial charge in [-0.3, -0.25) is 4.79 Å². The third-order valence-corrected chi connectivity index (χ3v) is 4.10. The van der Waals surface area contributed by atoms with Gasteiger partial charge in [-0.25, -0.2) is 0 Å². The summed E-state index contributed by atoms with van der Waals surface area (Å²) in [5, 5.41) is 3.88. The number of carbonyl (C=O) groups is 1. The van der Waals surface area contributed by atoms with Crippen molar-refractivity contribution in [3.63, 3.8) is 0 Å². The third-order valence-electron chi connectivity index (χ3n) is 3.55. The van der Waals surface area contributed by atoms with Crippen LogP contribution in [-0.4, -0.2) is 30.4 Å². The van der Waals surface area contributed by atoms with E-state index in [2.05, 4.69) is 17.3 Å². The molecule has 0 aliphatic carbocycles. The van der Waals surface area contributed by atoms with Gasteiger partial charge in [-0.15, -0.1) is 0 Å². The van der Waals surface area contributed by atoms with Crippen molar-refractivity contribution in [3.8, 4) is 0 Å². The van der Waals surface area contributed by atoms with E-state index in [0.29, 0.717) is 28.2 Å². The minimum atomic E-state index is 0.00275. The van der Waals surface area contributed by atoms with Gasteiger partial charge in [-0.2, -0.15) is 0 Å². The first-order valence-corrected chi connectivity index (χ1v) is 7.27. The van der Waals surface area contributed by atoms with E-state index in [9.17, 15) is 4.79 Å². The van der Waals surface area contributed by atoms with Crippen LogP contribution in [0.3, 0.4) is 0 Å². The summed E-state index contributed by atoms with van der Waals surface area (Å²) in [4.78, 5) is 14.3. The Kier molecular flexibility index (Phi) is 5.08. The Labute approximate surface area is 123 Å². The monoisotopic (exact) mass is 300 g/mol. The minimum Gasteiger partial charge on any atom is -0.325 e. The first-order valence-electron chi connectivity index (χ1n) is 6.51. The Balaban J connectivity index is 1.93. The fourth-order valence-corrected chi connectivity index (χ4v) is 2.86. The lowest BCUT2D eigenvalue weighted by Gasteiger charge is -2.31. The molecule has 104 valence electrons. The van der Waals surface area contributed by atoms with Gasteiger partial charge in [0.1, 0.15) is 0 Å². The van der Waals surface area contributed by atoms with Gasteiger partial charge < -0.3 is 10.2 Å². The third kappa shape index (κ3) is 4.10. The predicted molar refractivity (Wildman–Crippen MR) is 80.0 cm³/mol. The van der Waals surface area contributed by atoms with E-state index in [1.807, 2.05) is 0 Å². The van der Waals surface area contributed by atoms with Gasteiger partial charge in [-0.1, -0.05) is 29.6 Å². The number of amides is 1. The van der Waals surface area contributed by atoms with Crippen molar-refractivity contribution in [3.05, 3.63) is 28.2 Å². The molecule has 5 heteroatoms. The van der Waals surface area contributed by atoms with E-state index in [0.717, 1.165) is 13.0 Å². The fourth-order valence-electron chi connectivity index (χ4n) is 2.41. The molecule has 0 radical (unpaired) electrons. The Morgan fingerprint density at radius 3 is 2.89 bits per heavy atom. The molecule has 3 nitrogen and oxygen atoms in total. The Morgan fingerprint density at radius 2 is 2.21 bits per heavy atom. The van der Waals surface area contributed by atoms with Gasteiger partial charge in [0.2, 0.25) is 5.91 Å². The van der Waals surface area contributed by atoms with Crippen LogP contribution in [0.4, 0.5) is 5.69 Å². The molecular weight excluding hydrogens is 283 g/mol. The van der Waals surface area contributed by atoms with Crippen molar-refractivity contribution in [2.45, 2.75) is 31.7 Å². The first kappa shape index (κ1) is 14.6. The molecule has 1 fully saturated rings. The van der Waals surface area contributed by atoms with Gasteiger partial charge >= 0.3 is 0 Å². The Bertz CT molecular complexity index is 465. The maximum atomic E-state index is 12.0. The average Bonchev–Trinajstić information content (AvgIpc) is 2.36. The molecule has 1 aromatic carbocycles. The quantitative estimate of drug-likeness (QED) is 0.921. The summed E-state index contributed by atoms with van der Waals surface area (Å²) in [6, 6.07) is 5.41. The number of likely N-dealkylation sites (tertiary alicyclic amines) is 1. The van der Waals surface area contributed by atoms with E-state index in [1.54, 1.807) is 18.2 Å². The topological polar surface area (TPSA) is 32.3 Å². The smallest absolute Gasteiger partial charge is 0.225 e. The fraction of sp³-hybridized carbons (Fsp3) is 0.500. The van der Waals surface area contributed by atoms with Gasteiger partial charge in [0, 0.05) is 17.5 Å². The molecule has 2 rings (SSSR count). The highest BCUT2D eigenvalue weighted by atomic mass is 35.5. The highest BCUT2D eigenvalue weighted by Crippen LogP contribution is 2.26. The zero-order valence-corrected chi connectivity index (χ0v) is 12.5. The summed E-state index contributed by atoms with van der Waals surface area (Å²) in [7, 11) is 2.08. The normalized spacial score (nSPS) is 20.3. The second-order valence-corrected chi connectivity index (χ2v) is 5.85. The standard InChI is InChI=1S/C14H18Cl2N2O/c1-18-7-3-2-4-11(18)9-14(19)17-13-6-5-10(15)8-12(13)16/h5-6,8,11H,2-4,7,9H2,1H3,(H,17,19). The number of benzene rings is 1. The molecule has 0 saturated carbocycles. The van der Waals surface area contributed by atoms with Crippen molar-refractivity contribution in [1.82, 2.24) is 4.90 Å². The van der Waals surface area contributed by atoms with E-state index in [-0.39, 0.29) is 5.91 Å². The summed E-state index contributed by atoms with van der Waals surface area (Å²) < 4.78 is 0. The number of piperidine rings is 1. The van der Waals surface area contributed by atoms with Crippen LogP contribution in [0.25, 0.3) is 0 Å². The van der Waals surface area contributed by atoms with Crippen molar-refractivity contribution in [2.24, 2.45) is 0 Å². The zero-order valence-electron chi connectivity index (χ0n) is 11.0. The van der Waals surface area contributed by atoms with E-state index in [1.165, 1.54) is 12.8 Å². The lowest BCUT2D eigenvalue weighted by molar-refractivity contribution is -0.117. The molecule has 19 heavy (non-hydrogen) atoms. The minimum absolute atomic E-state index is 0.00275. The molecule has 0 aromatic heterocycles. The molecule has 1 heterocycles. The van der Waals surface area contributed by atoms with Crippen LogP contribution in [0, 0.1) is 0 Å². The summed E-state index contributed by atoms with van der Waals surface area (Å²) in [6.45, 7) is 1.07. The number of nitrogens with zero attached hydrogens (tertiary/aromatic N) is 1. The number of rotatable bonds is 3. The Hall–Kier alpha value is -0.770. The average molecular weight is 301 g/mol. The van der Waals surface area contributed by atoms with Crippen molar-refractivity contribution < 1.29 is 4.79 Å². The SMILES string of the molecule is CN1CCCCC1CC(=O)Nc1ccc(Cl)cc1Cl. The van der Waals surface area contributed by atoms with Gasteiger partial charge in [0.25, 0.3) is 0 Å². The van der Waals surface area contributed by atoms with Crippen LogP contribution in [0.5, 0.6) is 0 Å². The number of hydrogen-bond donors (Lipinski definition) is 1. The Morgan fingerprint density at radius 1 is 1.42 bits per heavy atom. The van der Waals surface area contributed by atoms with Crippen LogP contribution >= 0.6 is 23.2 Å².